The number of hydrogen-bond acceptors (Lipinski definition) is 2. The first-order valence-electron chi connectivity index (χ1n) is 6.32. The van der Waals surface area contributed by atoms with Gasteiger partial charge in [-0.25, -0.2) is 0 Å². The smallest absolute Gasteiger partial charge is 0.251 e. The number of nitrogens with one attached hydrogen (secondary N) is 1. The lowest BCUT2D eigenvalue weighted by Crippen LogP contribution is -2.14. The molecule has 1 aromatic rings. The highest BCUT2D eigenvalue weighted by atomic mass is 16.1. The van der Waals surface area contributed by atoms with Gasteiger partial charge in [-0.05, 0) is 25.8 Å². The van der Waals surface area contributed by atoms with Crippen molar-refractivity contribution in [3.63, 3.8) is 0 Å². The van der Waals surface area contributed by atoms with Crippen molar-refractivity contribution in [2.24, 2.45) is 0 Å². The lowest BCUT2D eigenvalue weighted by Gasteiger charge is -2.03. The second kappa shape index (κ2) is 6.90. The van der Waals surface area contributed by atoms with E-state index >= 15 is 0 Å². The van der Waals surface area contributed by atoms with E-state index in [1.54, 1.807) is 13.0 Å². The van der Waals surface area contributed by atoms with E-state index < -0.39 is 0 Å². The van der Waals surface area contributed by atoms with Gasteiger partial charge in [0.1, 0.15) is 6.07 Å². The molecule has 0 unspecified atom stereocenters. The van der Waals surface area contributed by atoms with E-state index in [2.05, 4.69) is 18.0 Å². The molecular weight excluding hydrogens is 212 g/mol. The summed E-state index contributed by atoms with van der Waals surface area (Å²) in [6.45, 7) is 3.94. The first-order chi connectivity index (χ1) is 8.19. The second-order valence-corrected chi connectivity index (χ2v) is 4.44. The molecular formula is C14H20N2O. The molecule has 0 saturated carbocycles. The van der Waals surface area contributed by atoms with Crippen LogP contribution in [0.5, 0.6) is 0 Å². The summed E-state index contributed by atoms with van der Waals surface area (Å²) in [5.41, 5.74) is 1.93. The van der Waals surface area contributed by atoms with Gasteiger partial charge in [-0.15, -0.1) is 0 Å². The summed E-state index contributed by atoms with van der Waals surface area (Å²) in [6.07, 6.45) is 6.66. The number of aromatic nitrogens is 1. The highest BCUT2D eigenvalue weighted by Crippen LogP contribution is 2.08. The summed E-state index contributed by atoms with van der Waals surface area (Å²) >= 11 is 0. The zero-order chi connectivity index (χ0) is 12.7. The van der Waals surface area contributed by atoms with E-state index in [4.69, 9.17) is 5.26 Å². The fraction of sp³-hybridized carbons (Fsp3) is 0.571. The highest BCUT2D eigenvalue weighted by molar-refractivity contribution is 5.35. The maximum absolute atomic E-state index is 11.7. The molecule has 0 spiro atoms. The van der Waals surface area contributed by atoms with Crippen molar-refractivity contribution in [2.75, 3.05) is 0 Å². The number of nitrogens with zero attached hydrogens (tertiary/aromatic N) is 1. The van der Waals surface area contributed by atoms with Crippen LogP contribution in [0.15, 0.2) is 10.9 Å². The zero-order valence-electron chi connectivity index (χ0n) is 10.7. The Hall–Kier alpha value is -1.56. The topological polar surface area (TPSA) is 56.6 Å². The third-order valence-corrected chi connectivity index (χ3v) is 2.99. The van der Waals surface area contributed by atoms with Gasteiger partial charge >= 0.3 is 0 Å². The molecule has 1 N–H and O–H groups in total. The molecule has 0 saturated heterocycles. The van der Waals surface area contributed by atoms with Crippen LogP contribution in [0.4, 0.5) is 0 Å². The number of H-pyrrole nitrogens is 1. The van der Waals surface area contributed by atoms with Crippen LogP contribution in [0, 0.1) is 18.3 Å². The van der Waals surface area contributed by atoms with Crippen LogP contribution in [0.25, 0.3) is 0 Å². The molecule has 0 aromatic carbocycles. The summed E-state index contributed by atoms with van der Waals surface area (Å²) < 4.78 is 0. The lowest BCUT2D eigenvalue weighted by atomic mass is 10.0. The van der Waals surface area contributed by atoms with Crippen molar-refractivity contribution in [1.82, 2.24) is 4.98 Å². The maximum Gasteiger partial charge on any atom is 0.251 e. The minimum Gasteiger partial charge on any atom is -0.325 e. The normalized spacial score (nSPS) is 10.2. The van der Waals surface area contributed by atoms with Gasteiger partial charge in [0.2, 0.25) is 0 Å². The predicted octanol–water partition coefficient (Wildman–Crippen LogP) is 3.07. The first kappa shape index (κ1) is 13.5. The predicted molar refractivity (Wildman–Crippen MR) is 69.0 cm³/mol. The van der Waals surface area contributed by atoms with Crippen LogP contribution < -0.4 is 5.56 Å². The van der Waals surface area contributed by atoms with Crippen LogP contribution in [0.3, 0.4) is 0 Å². The SMILES string of the molecule is CCCCCCCc1cc(C#N)c(C)[nH]c1=O. The van der Waals surface area contributed by atoms with E-state index in [1.807, 2.05) is 0 Å². The van der Waals surface area contributed by atoms with E-state index in [-0.39, 0.29) is 5.56 Å². The molecule has 0 aliphatic heterocycles. The molecule has 0 aliphatic rings. The molecule has 1 aromatic heterocycles. The van der Waals surface area contributed by atoms with Crippen LogP contribution in [-0.4, -0.2) is 4.98 Å². The van der Waals surface area contributed by atoms with Gasteiger partial charge in [0, 0.05) is 11.3 Å². The standard InChI is InChI=1S/C14H20N2O/c1-3-4-5-6-7-8-12-9-13(10-15)11(2)16-14(12)17/h9H,3-8H2,1-2H3,(H,16,17). The van der Waals surface area contributed by atoms with Crippen molar-refractivity contribution < 1.29 is 0 Å². The number of aromatic amines is 1. The van der Waals surface area contributed by atoms with Crippen molar-refractivity contribution in [2.45, 2.75) is 52.4 Å². The van der Waals surface area contributed by atoms with Gasteiger partial charge in [0.05, 0.1) is 5.56 Å². The molecule has 1 heterocycles. The Balaban J connectivity index is 2.60. The van der Waals surface area contributed by atoms with Crippen LogP contribution in [-0.2, 0) is 6.42 Å². The lowest BCUT2D eigenvalue weighted by molar-refractivity contribution is 0.630. The van der Waals surface area contributed by atoms with E-state index in [0.29, 0.717) is 11.3 Å². The molecule has 0 radical (unpaired) electrons. The number of rotatable bonds is 6. The summed E-state index contributed by atoms with van der Waals surface area (Å²) in [7, 11) is 0. The molecule has 3 heteroatoms. The molecule has 0 fully saturated rings. The van der Waals surface area contributed by atoms with Gasteiger partial charge in [-0.1, -0.05) is 32.6 Å². The summed E-state index contributed by atoms with van der Waals surface area (Å²) in [4.78, 5) is 14.4. The van der Waals surface area contributed by atoms with Gasteiger partial charge < -0.3 is 4.98 Å². The Bertz CT molecular complexity index is 454. The van der Waals surface area contributed by atoms with Crippen molar-refractivity contribution in [3.8, 4) is 6.07 Å². The van der Waals surface area contributed by atoms with Gasteiger partial charge in [-0.3, -0.25) is 4.79 Å². The molecule has 17 heavy (non-hydrogen) atoms. The molecule has 0 atom stereocenters. The van der Waals surface area contributed by atoms with Crippen molar-refractivity contribution >= 4 is 0 Å². The Morgan fingerprint density at radius 2 is 2.00 bits per heavy atom. The van der Waals surface area contributed by atoms with Crippen LogP contribution in [0.2, 0.25) is 0 Å². The number of nitriles is 1. The van der Waals surface area contributed by atoms with Crippen LogP contribution >= 0.6 is 0 Å². The summed E-state index contributed by atoms with van der Waals surface area (Å²) in [5, 5.41) is 8.90. The van der Waals surface area contributed by atoms with Crippen molar-refractivity contribution in [1.29, 1.82) is 5.26 Å². The number of pyridine rings is 1. The summed E-state index contributed by atoms with van der Waals surface area (Å²) in [5.74, 6) is 0. The molecule has 0 amide bonds. The average Bonchev–Trinajstić information content (AvgIpc) is 2.31. The Morgan fingerprint density at radius 3 is 2.65 bits per heavy atom. The Morgan fingerprint density at radius 1 is 1.29 bits per heavy atom. The van der Waals surface area contributed by atoms with Crippen LogP contribution in [0.1, 0.15) is 55.8 Å². The average molecular weight is 232 g/mol. The minimum atomic E-state index is -0.0445. The molecule has 0 aliphatic carbocycles. The van der Waals surface area contributed by atoms with Gasteiger partial charge in [-0.2, -0.15) is 5.26 Å². The summed E-state index contributed by atoms with van der Waals surface area (Å²) in [6, 6.07) is 3.83. The van der Waals surface area contributed by atoms with Crippen molar-refractivity contribution in [3.05, 3.63) is 33.2 Å². The fourth-order valence-corrected chi connectivity index (χ4v) is 1.89. The number of hydrogen-bond donors (Lipinski definition) is 1. The third-order valence-electron chi connectivity index (χ3n) is 2.99. The van der Waals surface area contributed by atoms with Gasteiger partial charge in [0.25, 0.3) is 5.56 Å². The largest absolute Gasteiger partial charge is 0.325 e. The molecule has 0 bridgehead atoms. The minimum absolute atomic E-state index is 0.0445. The quantitative estimate of drug-likeness (QED) is 0.766. The maximum atomic E-state index is 11.7. The third kappa shape index (κ3) is 4.07. The van der Waals surface area contributed by atoms with E-state index in [0.717, 1.165) is 24.8 Å². The van der Waals surface area contributed by atoms with Gasteiger partial charge in [0.15, 0.2) is 0 Å². The van der Waals surface area contributed by atoms with E-state index in [1.165, 1.54) is 19.3 Å². The Kier molecular flexibility index (Phi) is 5.48. The fourth-order valence-electron chi connectivity index (χ4n) is 1.89. The monoisotopic (exact) mass is 232 g/mol. The number of aryl methyl sites for hydroxylation is 2. The number of unbranched alkanes of at least 4 members (excludes halogenated alkanes) is 4. The molecule has 1 rings (SSSR count). The zero-order valence-corrected chi connectivity index (χ0v) is 10.7. The first-order valence-corrected chi connectivity index (χ1v) is 6.32. The van der Waals surface area contributed by atoms with E-state index in [9.17, 15) is 4.79 Å². The highest BCUT2D eigenvalue weighted by Gasteiger charge is 2.04. The Labute approximate surface area is 102 Å². The molecule has 92 valence electrons. The molecule has 3 nitrogen and oxygen atoms in total. The second-order valence-electron chi connectivity index (χ2n) is 4.44.